The minimum atomic E-state index is -3.73. The van der Waals surface area contributed by atoms with Gasteiger partial charge < -0.3 is 9.64 Å². The molecule has 156 valence electrons. The van der Waals surface area contributed by atoms with Crippen molar-refractivity contribution in [3.8, 4) is 0 Å². The predicted molar refractivity (Wildman–Crippen MR) is 115 cm³/mol. The summed E-state index contributed by atoms with van der Waals surface area (Å²) in [7, 11) is -3.73. The van der Waals surface area contributed by atoms with Gasteiger partial charge in [-0.2, -0.15) is 0 Å². The Morgan fingerprint density at radius 2 is 1.86 bits per heavy atom. The number of nitrogens with zero attached hydrogens (tertiary/aromatic N) is 1. The molecular formula is C21H26N2O4S2. The van der Waals surface area contributed by atoms with Gasteiger partial charge in [-0.15, -0.1) is 11.8 Å². The van der Waals surface area contributed by atoms with Gasteiger partial charge in [-0.05, 0) is 35.9 Å². The summed E-state index contributed by atoms with van der Waals surface area (Å²) in [5.74, 6) is -0.127. The highest BCUT2D eigenvalue weighted by Gasteiger charge is 2.24. The predicted octanol–water partition coefficient (Wildman–Crippen LogP) is 2.96. The lowest BCUT2D eigenvalue weighted by Crippen LogP contribution is -2.41. The van der Waals surface area contributed by atoms with E-state index in [4.69, 9.17) is 4.74 Å². The molecule has 1 fully saturated rings. The molecule has 29 heavy (non-hydrogen) atoms. The molecule has 8 heteroatoms. The van der Waals surface area contributed by atoms with Gasteiger partial charge in [-0.1, -0.05) is 37.3 Å². The minimum absolute atomic E-state index is 0.0332. The molecule has 0 bridgehead atoms. The van der Waals surface area contributed by atoms with Gasteiger partial charge >= 0.3 is 0 Å². The monoisotopic (exact) mass is 434 g/mol. The third-order valence-electron chi connectivity index (χ3n) is 4.96. The van der Waals surface area contributed by atoms with Crippen molar-refractivity contribution in [2.45, 2.75) is 22.6 Å². The summed E-state index contributed by atoms with van der Waals surface area (Å²) in [6.45, 7) is 4.27. The average Bonchev–Trinajstić information content (AvgIpc) is 2.77. The summed E-state index contributed by atoms with van der Waals surface area (Å²) in [4.78, 5) is 15.5. The number of thioether (sulfide) groups is 1. The van der Waals surface area contributed by atoms with E-state index in [9.17, 15) is 13.2 Å². The molecule has 2 aromatic rings. The molecule has 1 heterocycles. The quantitative estimate of drug-likeness (QED) is 0.678. The number of morpholine rings is 1. The summed E-state index contributed by atoms with van der Waals surface area (Å²) in [6, 6.07) is 14.5. The molecule has 1 aliphatic rings. The van der Waals surface area contributed by atoms with Crippen molar-refractivity contribution in [1.82, 2.24) is 9.62 Å². The summed E-state index contributed by atoms with van der Waals surface area (Å²) in [5, 5.41) is 0. The highest BCUT2D eigenvalue weighted by molar-refractivity contribution is 7.98. The fourth-order valence-electron chi connectivity index (χ4n) is 3.18. The van der Waals surface area contributed by atoms with Crippen LogP contribution in [0.4, 0.5) is 0 Å². The zero-order valence-electron chi connectivity index (χ0n) is 16.6. The summed E-state index contributed by atoms with van der Waals surface area (Å²) < 4.78 is 33.7. The normalized spacial score (nSPS) is 15.9. The van der Waals surface area contributed by atoms with E-state index in [0.717, 1.165) is 10.5 Å². The molecule has 0 radical (unpaired) electrons. The van der Waals surface area contributed by atoms with Crippen molar-refractivity contribution < 1.29 is 17.9 Å². The van der Waals surface area contributed by atoms with Crippen LogP contribution in [0.1, 0.15) is 28.8 Å². The Bertz CT molecular complexity index is 942. The van der Waals surface area contributed by atoms with E-state index >= 15 is 0 Å². The average molecular weight is 435 g/mol. The van der Waals surface area contributed by atoms with Crippen LogP contribution in [0.25, 0.3) is 0 Å². The van der Waals surface area contributed by atoms with E-state index in [1.807, 2.05) is 43.5 Å². The number of amides is 1. The van der Waals surface area contributed by atoms with Gasteiger partial charge in [0.05, 0.1) is 23.7 Å². The van der Waals surface area contributed by atoms with Gasteiger partial charge in [0.15, 0.2) is 0 Å². The number of rotatable bonds is 7. The Labute approximate surface area is 176 Å². The molecule has 6 nitrogen and oxygen atoms in total. The number of ether oxygens (including phenoxy) is 1. The summed E-state index contributed by atoms with van der Waals surface area (Å²) in [6.07, 6.45) is 1.87. The Balaban J connectivity index is 1.79. The van der Waals surface area contributed by atoms with Crippen LogP contribution >= 0.6 is 11.8 Å². The molecule has 1 N–H and O–H groups in total. The Kier molecular flexibility index (Phi) is 7.34. The molecular weight excluding hydrogens is 408 g/mol. The molecule has 3 rings (SSSR count). The maximum atomic E-state index is 13.0. The number of nitrogens with one attached hydrogen (secondary N) is 1. The molecule has 0 aromatic heterocycles. The maximum Gasteiger partial charge on any atom is 0.255 e. The topological polar surface area (TPSA) is 75.7 Å². The molecule has 1 aliphatic heterocycles. The zero-order valence-corrected chi connectivity index (χ0v) is 18.3. The number of hydrogen-bond acceptors (Lipinski definition) is 5. The molecule has 0 saturated carbocycles. The second-order valence-electron chi connectivity index (χ2n) is 6.93. The second kappa shape index (κ2) is 9.75. The first kappa shape index (κ1) is 21.8. The van der Waals surface area contributed by atoms with Crippen LogP contribution in [0.5, 0.6) is 0 Å². The van der Waals surface area contributed by atoms with Crippen LogP contribution < -0.4 is 4.72 Å². The maximum absolute atomic E-state index is 13.0. The third-order valence-corrected chi connectivity index (χ3v) is 7.18. The van der Waals surface area contributed by atoms with Gasteiger partial charge in [0.25, 0.3) is 5.91 Å². The highest BCUT2D eigenvalue weighted by atomic mass is 32.2. The van der Waals surface area contributed by atoms with Gasteiger partial charge in [0.2, 0.25) is 10.0 Å². The van der Waals surface area contributed by atoms with Crippen molar-refractivity contribution in [1.29, 1.82) is 0 Å². The van der Waals surface area contributed by atoms with E-state index in [2.05, 4.69) is 4.72 Å². The fourth-order valence-corrected chi connectivity index (χ4v) is 4.90. The van der Waals surface area contributed by atoms with Crippen LogP contribution in [-0.2, 0) is 14.8 Å². The lowest BCUT2D eigenvalue weighted by atomic mass is 10.0. The number of carbonyl (C=O) groups excluding carboxylic acids is 1. The lowest BCUT2D eigenvalue weighted by Gasteiger charge is -2.27. The molecule has 2 aromatic carbocycles. The van der Waals surface area contributed by atoms with Gasteiger partial charge in [0.1, 0.15) is 0 Å². The largest absolute Gasteiger partial charge is 0.378 e. The van der Waals surface area contributed by atoms with E-state index < -0.39 is 10.0 Å². The van der Waals surface area contributed by atoms with Crippen molar-refractivity contribution >= 4 is 27.7 Å². The van der Waals surface area contributed by atoms with Crippen molar-refractivity contribution in [3.63, 3.8) is 0 Å². The van der Waals surface area contributed by atoms with Gasteiger partial charge in [0, 0.05) is 24.5 Å². The minimum Gasteiger partial charge on any atom is -0.378 e. The lowest BCUT2D eigenvalue weighted by molar-refractivity contribution is 0.0300. The fraction of sp³-hybridized carbons (Fsp3) is 0.381. The van der Waals surface area contributed by atoms with E-state index in [0.29, 0.717) is 31.9 Å². The highest BCUT2D eigenvalue weighted by Crippen LogP contribution is 2.26. The molecule has 0 unspecified atom stereocenters. The number of carbonyl (C=O) groups is 1. The first-order valence-corrected chi connectivity index (χ1v) is 12.2. The van der Waals surface area contributed by atoms with Crippen LogP contribution in [0.2, 0.25) is 0 Å². The Morgan fingerprint density at radius 3 is 2.52 bits per heavy atom. The first-order valence-electron chi connectivity index (χ1n) is 9.52. The Hall–Kier alpha value is -1.87. The smallest absolute Gasteiger partial charge is 0.255 e. The van der Waals surface area contributed by atoms with Crippen molar-refractivity contribution in [3.05, 3.63) is 59.7 Å². The zero-order chi connectivity index (χ0) is 20.9. The third kappa shape index (κ3) is 5.39. The number of benzene rings is 2. The standard InChI is InChI=1S/C21H26N2O4S2/c1-16(17-6-4-3-5-7-17)15-22-29(25,26)18-8-9-20(28-2)19(14-18)21(24)23-10-12-27-13-11-23/h3-9,14,16,22H,10-13,15H2,1-2H3/t16-/m0/s1. The first-order chi connectivity index (χ1) is 13.9. The molecule has 1 atom stereocenters. The van der Waals surface area contributed by atoms with Crippen LogP contribution in [0, 0.1) is 0 Å². The summed E-state index contributed by atoms with van der Waals surface area (Å²) in [5.41, 5.74) is 1.48. The number of hydrogen-bond donors (Lipinski definition) is 1. The Morgan fingerprint density at radius 1 is 1.17 bits per heavy atom. The van der Waals surface area contributed by atoms with E-state index in [1.165, 1.54) is 17.8 Å². The van der Waals surface area contributed by atoms with E-state index in [1.54, 1.807) is 17.0 Å². The van der Waals surface area contributed by atoms with Crippen LogP contribution in [-0.4, -0.2) is 58.3 Å². The second-order valence-corrected chi connectivity index (χ2v) is 9.55. The van der Waals surface area contributed by atoms with E-state index in [-0.39, 0.29) is 23.3 Å². The molecule has 1 amide bonds. The van der Waals surface area contributed by atoms with Gasteiger partial charge in [-0.3, -0.25) is 4.79 Å². The van der Waals surface area contributed by atoms with Crippen molar-refractivity contribution in [2.75, 3.05) is 39.1 Å². The van der Waals surface area contributed by atoms with Crippen LogP contribution in [0.3, 0.4) is 0 Å². The SMILES string of the molecule is CSc1ccc(S(=O)(=O)NC[C@H](C)c2ccccc2)cc1C(=O)N1CCOCC1. The van der Waals surface area contributed by atoms with Crippen molar-refractivity contribution in [2.24, 2.45) is 0 Å². The summed E-state index contributed by atoms with van der Waals surface area (Å²) >= 11 is 1.43. The molecule has 0 aliphatic carbocycles. The molecule has 0 spiro atoms. The van der Waals surface area contributed by atoms with Gasteiger partial charge in [-0.25, -0.2) is 13.1 Å². The number of sulfonamides is 1. The van der Waals surface area contributed by atoms with Crippen LogP contribution in [0.15, 0.2) is 58.3 Å². The molecule has 1 saturated heterocycles.